The first kappa shape index (κ1) is 12.6. The second-order valence-electron chi connectivity index (χ2n) is 4.98. The van der Waals surface area contributed by atoms with Crippen molar-refractivity contribution < 1.29 is 0 Å². The van der Waals surface area contributed by atoms with Gasteiger partial charge in [0.15, 0.2) is 0 Å². The molecule has 1 saturated carbocycles. The molecule has 1 N–H and O–H groups in total. The van der Waals surface area contributed by atoms with Crippen molar-refractivity contribution in [2.24, 2.45) is 11.8 Å². The molecule has 3 unspecified atom stereocenters. The molecule has 0 saturated heterocycles. The van der Waals surface area contributed by atoms with Crippen LogP contribution in [0.1, 0.15) is 31.1 Å². The Kier molecular flexibility index (Phi) is 4.45. The minimum absolute atomic E-state index is 0.720. The Morgan fingerprint density at radius 3 is 2.88 bits per heavy atom. The maximum absolute atomic E-state index is 3.54. The van der Waals surface area contributed by atoms with E-state index in [4.69, 9.17) is 0 Å². The summed E-state index contributed by atoms with van der Waals surface area (Å²) < 4.78 is 1.26. The zero-order valence-electron chi connectivity index (χ0n) is 10.0. The molecular weight excluding hydrogens is 282 g/mol. The normalized spacial score (nSPS) is 30.6. The average molecular weight is 302 g/mol. The first-order valence-corrected chi connectivity index (χ1v) is 7.71. The van der Waals surface area contributed by atoms with Crippen LogP contribution in [0.4, 0.5) is 0 Å². The highest BCUT2D eigenvalue weighted by molar-refractivity contribution is 9.11. The second-order valence-corrected chi connectivity index (χ2v) is 7.53. The lowest BCUT2D eigenvalue weighted by Gasteiger charge is -2.34. The number of nitrogens with one attached hydrogen (secondary N) is 1. The molecule has 3 atom stereocenters. The van der Waals surface area contributed by atoms with E-state index in [1.807, 2.05) is 11.3 Å². The Hall–Kier alpha value is 0.140. The molecule has 1 heterocycles. The van der Waals surface area contributed by atoms with Crippen LogP contribution in [-0.4, -0.2) is 13.1 Å². The van der Waals surface area contributed by atoms with Crippen LogP contribution < -0.4 is 5.32 Å². The summed E-state index contributed by atoms with van der Waals surface area (Å²) in [6.07, 6.45) is 5.35. The van der Waals surface area contributed by atoms with Gasteiger partial charge in [0, 0.05) is 10.9 Å². The van der Waals surface area contributed by atoms with Gasteiger partial charge in [0.2, 0.25) is 0 Å². The summed E-state index contributed by atoms with van der Waals surface area (Å²) in [7, 11) is 2.11. The predicted octanol–water partition coefficient (Wildman–Crippen LogP) is 4.08. The Labute approximate surface area is 111 Å². The molecule has 16 heavy (non-hydrogen) atoms. The third-order valence-corrected chi connectivity index (χ3v) is 5.35. The first-order chi connectivity index (χ1) is 7.69. The fraction of sp³-hybridized carbons (Fsp3) is 0.692. The molecule has 1 nitrogen and oxygen atoms in total. The van der Waals surface area contributed by atoms with Gasteiger partial charge >= 0.3 is 0 Å². The maximum Gasteiger partial charge on any atom is 0.0701 e. The third-order valence-electron chi connectivity index (χ3n) is 3.71. The van der Waals surface area contributed by atoms with Crippen molar-refractivity contribution in [1.82, 2.24) is 5.32 Å². The summed E-state index contributed by atoms with van der Waals surface area (Å²) in [5, 5.41) is 3.49. The van der Waals surface area contributed by atoms with Crippen LogP contribution >= 0.6 is 27.3 Å². The smallest absolute Gasteiger partial charge is 0.0701 e. The van der Waals surface area contributed by atoms with E-state index in [1.54, 1.807) is 0 Å². The van der Waals surface area contributed by atoms with Crippen LogP contribution in [0, 0.1) is 11.8 Å². The highest BCUT2D eigenvalue weighted by Crippen LogP contribution is 2.33. The molecule has 90 valence electrons. The number of hydrogen-bond donors (Lipinski definition) is 1. The van der Waals surface area contributed by atoms with Gasteiger partial charge in [0.05, 0.1) is 3.79 Å². The summed E-state index contributed by atoms with van der Waals surface area (Å²) in [5.74, 6) is 1.72. The van der Waals surface area contributed by atoms with Gasteiger partial charge in [0.25, 0.3) is 0 Å². The van der Waals surface area contributed by atoms with E-state index in [0.29, 0.717) is 0 Å². The lowest BCUT2D eigenvalue weighted by molar-refractivity contribution is 0.221. The van der Waals surface area contributed by atoms with Crippen LogP contribution in [0.25, 0.3) is 0 Å². The Morgan fingerprint density at radius 1 is 1.44 bits per heavy atom. The van der Waals surface area contributed by atoms with Crippen LogP contribution in [-0.2, 0) is 6.42 Å². The van der Waals surface area contributed by atoms with Crippen molar-refractivity contribution in [2.45, 2.75) is 38.6 Å². The number of thiophene rings is 1. The minimum Gasteiger partial charge on any atom is -0.317 e. The Balaban J connectivity index is 2.00. The monoisotopic (exact) mass is 301 g/mol. The molecule has 0 aliphatic heterocycles. The van der Waals surface area contributed by atoms with Crippen molar-refractivity contribution in [3.63, 3.8) is 0 Å². The van der Waals surface area contributed by atoms with Crippen molar-refractivity contribution >= 4 is 27.3 Å². The molecule has 0 amide bonds. The zero-order valence-corrected chi connectivity index (χ0v) is 12.4. The van der Waals surface area contributed by atoms with Crippen molar-refractivity contribution in [1.29, 1.82) is 0 Å². The lowest BCUT2D eigenvalue weighted by Crippen LogP contribution is -2.39. The van der Waals surface area contributed by atoms with Gasteiger partial charge in [-0.05, 0) is 72.6 Å². The SMILES string of the molecule is CNC1CCC(C)CC1Cc1ccc(Br)s1. The van der Waals surface area contributed by atoms with Gasteiger partial charge in [-0.2, -0.15) is 0 Å². The van der Waals surface area contributed by atoms with E-state index in [9.17, 15) is 0 Å². The van der Waals surface area contributed by atoms with Crippen molar-refractivity contribution in [3.05, 3.63) is 20.8 Å². The number of halogens is 1. The molecule has 3 heteroatoms. The van der Waals surface area contributed by atoms with Crippen molar-refractivity contribution in [3.8, 4) is 0 Å². The second kappa shape index (κ2) is 5.65. The molecule has 1 aromatic heterocycles. The van der Waals surface area contributed by atoms with Crippen LogP contribution in [0.5, 0.6) is 0 Å². The largest absolute Gasteiger partial charge is 0.317 e. The van der Waals surface area contributed by atoms with E-state index < -0.39 is 0 Å². The average Bonchev–Trinajstić information content (AvgIpc) is 2.64. The molecule has 1 aliphatic carbocycles. The molecule has 1 fully saturated rings. The zero-order chi connectivity index (χ0) is 11.5. The molecule has 1 aliphatic rings. The first-order valence-electron chi connectivity index (χ1n) is 6.10. The fourth-order valence-electron chi connectivity index (χ4n) is 2.82. The van der Waals surface area contributed by atoms with E-state index in [-0.39, 0.29) is 0 Å². The van der Waals surface area contributed by atoms with Crippen LogP contribution in [0.3, 0.4) is 0 Å². The maximum atomic E-state index is 3.54. The summed E-state index contributed by atoms with van der Waals surface area (Å²) in [6, 6.07) is 5.15. The molecule has 0 aromatic carbocycles. The van der Waals surface area contributed by atoms with Gasteiger partial charge < -0.3 is 5.32 Å². The van der Waals surface area contributed by atoms with E-state index in [1.165, 1.54) is 34.3 Å². The predicted molar refractivity (Wildman–Crippen MR) is 75.1 cm³/mol. The highest BCUT2D eigenvalue weighted by Gasteiger charge is 2.27. The van der Waals surface area contributed by atoms with E-state index >= 15 is 0 Å². The van der Waals surface area contributed by atoms with Crippen LogP contribution in [0.2, 0.25) is 0 Å². The highest BCUT2D eigenvalue weighted by atomic mass is 79.9. The lowest BCUT2D eigenvalue weighted by atomic mass is 9.77. The Bertz CT molecular complexity index is 336. The molecular formula is C13H20BrNS. The van der Waals surface area contributed by atoms with E-state index in [2.05, 4.69) is 47.4 Å². The summed E-state index contributed by atoms with van der Waals surface area (Å²) >= 11 is 5.43. The minimum atomic E-state index is 0.720. The van der Waals surface area contributed by atoms with Crippen molar-refractivity contribution in [2.75, 3.05) is 7.05 Å². The number of rotatable bonds is 3. The van der Waals surface area contributed by atoms with Crippen LogP contribution in [0.15, 0.2) is 15.9 Å². The summed E-state index contributed by atoms with van der Waals surface area (Å²) in [6.45, 7) is 2.39. The van der Waals surface area contributed by atoms with E-state index in [0.717, 1.165) is 17.9 Å². The molecule has 1 aromatic rings. The molecule has 0 bridgehead atoms. The fourth-order valence-corrected chi connectivity index (χ4v) is 4.40. The molecule has 0 spiro atoms. The summed E-state index contributed by atoms with van der Waals surface area (Å²) in [4.78, 5) is 1.52. The molecule has 2 rings (SSSR count). The van der Waals surface area contributed by atoms with Gasteiger partial charge in [-0.1, -0.05) is 6.92 Å². The topological polar surface area (TPSA) is 12.0 Å². The Morgan fingerprint density at radius 2 is 2.25 bits per heavy atom. The van der Waals surface area contributed by atoms with Gasteiger partial charge in [0.1, 0.15) is 0 Å². The van der Waals surface area contributed by atoms with Gasteiger partial charge in [-0.3, -0.25) is 0 Å². The quantitative estimate of drug-likeness (QED) is 0.887. The third kappa shape index (κ3) is 3.08. The number of hydrogen-bond acceptors (Lipinski definition) is 2. The van der Waals surface area contributed by atoms with Gasteiger partial charge in [-0.15, -0.1) is 11.3 Å². The summed E-state index contributed by atoms with van der Waals surface area (Å²) in [5.41, 5.74) is 0. The standard InChI is InChI=1S/C13H20BrNS/c1-9-3-5-12(15-2)10(7-9)8-11-4-6-13(14)16-11/h4,6,9-10,12,15H,3,5,7-8H2,1-2H3. The van der Waals surface area contributed by atoms with Gasteiger partial charge in [-0.25, -0.2) is 0 Å². The molecule has 0 radical (unpaired) electrons.